The Hall–Kier alpha value is -0.980. The molecule has 0 aliphatic carbocycles. The molecule has 0 saturated heterocycles. The van der Waals surface area contributed by atoms with Crippen LogP contribution in [0.1, 0.15) is 91.2 Å². The second-order valence-corrected chi connectivity index (χ2v) is 8.70. The van der Waals surface area contributed by atoms with Gasteiger partial charge in [0, 0.05) is 0 Å². The molecule has 4 unspecified atom stereocenters. The lowest BCUT2D eigenvalue weighted by atomic mass is 9.87. The molecule has 0 bridgehead atoms. The number of rotatable bonds is 12. The predicted molar refractivity (Wildman–Crippen MR) is 111 cm³/mol. The molecule has 0 heterocycles. The van der Waals surface area contributed by atoms with Gasteiger partial charge in [-0.2, -0.15) is 0 Å². The van der Waals surface area contributed by atoms with Crippen molar-refractivity contribution >= 4 is 0 Å². The van der Waals surface area contributed by atoms with Crippen LogP contribution in [0.5, 0.6) is 5.75 Å². The molecule has 4 atom stereocenters. The van der Waals surface area contributed by atoms with Crippen molar-refractivity contribution in [3.05, 3.63) is 29.3 Å². The van der Waals surface area contributed by atoms with E-state index in [-0.39, 0.29) is 0 Å². The highest BCUT2D eigenvalue weighted by Gasteiger charge is 2.14. The second kappa shape index (κ2) is 11.6. The van der Waals surface area contributed by atoms with E-state index in [0.29, 0.717) is 5.75 Å². The fraction of sp³-hybridized carbons (Fsp3) is 0.750. The summed E-state index contributed by atoms with van der Waals surface area (Å²) in [7, 11) is 0. The van der Waals surface area contributed by atoms with Crippen molar-refractivity contribution in [3.8, 4) is 5.75 Å². The van der Waals surface area contributed by atoms with Gasteiger partial charge in [0.2, 0.25) is 0 Å². The summed E-state index contributed by atoms with van der Waals surface area (Å²) >= 11 is 0. The summed E-state index contributed by atoms with van der Waals surface area (Å²) in [6, 6.07) is 6.10. The van der Waals surface area contributed by atoms with Gasteiger partial charge in [0.25, 0.3) is 0 Å². The molecular formula is C24H42O. The molecule has 0 aliphatic rings. The Bertz CT molecular complexity index is 479. The first kappa shape index (κ1) is 22.1. The summed E-state index contributed by atoms with van der Waals surface area (Å²) in [5.41, 5.74) is 2.57. The van der Waals surface area contributed by atoms with Gasteiger partial charge in [-0.15, -0.1) is 0 Å². The van der Waals surface area contributed by atoms with Gasteiger partial charge >= 0.3 is 0 Å². The average Bonchev–Trinajstić information content (AvgIpc) is 2.58. The summed E-state index contributed by atoms with van der Waals surface area (Å²) < 4.78 is 0. The average molecular weight is 347 g/mol. The van der Waals surface area contributed by atoms with E-state index in [1.54, 1.807) is 0 Å². The number of phenolic OH excluding ortho intramolecular Hbond substituents is 1. The van der Waals surface area contributed by atoms with E-state index < -0.39 is 0 Å². The maximum atomic E-state index is 10.4. The number of aromatic hydroxyl groups is 1. The van der Waals surface area contributed by atoms with Crippen molar-refractivity contribution in [1.29, 1.82) is 0 Å². The Morgan fingerprint density at radius 3 is 1.80 bits per heavy atom. The van der Waals surface area contributed by atoms with E-state index >= 15 is 0 Å². The summed E-state index contributed by atoms with van der Waals surface area (Å²) in [5.74, 6) is 3.62. The van der Waals surface area contributed by atoms with Gasteiger partial charge in [-0.05, 0) is 79.4 Å². The van der Waals surface area contributed by atoms with Crippen LogP contribution in [0.25, 0.3) is 0 Å². The van der Waals surface area contributed by atoms with Crippen LogP contribution in [-0.4, -0.2) is 5.11 Å². The highest BCUT2D eigenvalue weighted by molar-refractivity contribution is 5.39. The van der Waals surface area contributed by atoms with Crippen LogP contribution in [-0.2, 0) is 12.8 Å². The van der Waals surface area contributed by atoms with Gasteiger partial charge in [-0.25, -0.2) is 0 Å². The highest BCUT2D eigenvalue weighted by atomic mass is 16.3. The molecule has 1 heteroatoms. The van der Waals surface area contributed by atoms with E-state index in [4.69, 9.17) is 0 Å². The zero-order valence-electron chi connectivity index (χ0n) is 17.6. The topological polar surface area (TPSA) is 20.2 Å². The third-order valence-electron chi connectivity index (χ3n) is 6.05. The third kappa shape index (κ3) is 8.29. The maximum Gasteiger partial charge on any atom is 0.119 e. The lowest BCUT2D eigenvalue weighted by Crippen LogP contribution is -2.07. The minimum absolute atomic E-state index is 0.503. The molecule has 0 aliphatic heterocycles. The van der Waals surface area contributed by atoms with Gasteiger partial charge in [-0.1, -0.05) is 66.5 Å². The number of hydrogen-bond donors (Lipinski definition) is 1. The van der Waals surface area contributed by atoms with Crippen LogP contribution < -0.4 is 0 Å². The predicted octanol–water partition coefficient (Wildman–Crippen LogP) is 7.40. The Labute approximate surface area is 157 Å². The molecular weight excluding hydrogens is 304 g/mol. The lowest BCUT2D eigenvalue weighted by molar-refractivity contribution is 0.380. The van der Waals surface area contributed by atoms with Crippen LogP contribution in [0.15, 0.2) is 18.2 Å². The molecule has 0 spiro atoms. The molecule has 0 amide bonds. The normalized spacial score (nSPS) is 16.4. The van der Waals surface area contributed by atoms with Crippen molar-refractivity contribution in [2.45, 2.75) is 92.9 Å². The van der Waals surface area contributed by atoms with Gasteiger partial charge < -0.3 is 5.11 Å². The van der Waals surface area contributed by atoms with E-state index in [1.807, 2.05) is 12.1 Å². The van der Waals surface area contributed by atoms with Crippen LogP contribution in [0.3, 0.4) is 0 Å². The molecule has 144 valence electrons. The second-order valence-electron chi connectivity index (χ2n) is 8.70. The first-order valence-corrected chi connectivity index (χ1v) is 10.7. The zero-order chi connectivity index (χ0) is 18.8. The molecule has 0 fully saturated rings. The van der Waals surface area contributed by atoms with Crippen molar-refractivity contribution in [2.75, 3.05) is 0 Å². The van der Waals surface area contributed by atoms with Gasteiger partial charge in [0.15, 0.2) is 0 Å². The fourth-order valence-electron chi connectivity index (χ4n) is 3.88. The first-order chi connectivity index (χ1) is 11.9. The van der Waals surface area contributed by atoms with Gasteiger partial charge in [0.05, 0.1) is 0 Å². The van der Waals surface area contributed by atoms with E-state index in [2.05, 4.69) is 47.6 Å². The molecule has 1 rings (SSSR count). The molecule has 1 N–H and O–H groups in total. The Morgan fingerprint density at radius 1 is 0.760 bits per heavy atom. The monoisotopic (exact) mass is 346 g/mol. The molecule has 1 aromatic carbocycles. The summed E-state index contributed by atoms with van der Waals surface area (Å²) in [6.07, 6.45) is 9.67. The first-order valence-electron chi connectivity index (χ1n) is 10.7. The Balaban J connectivity index is 2.62. The minimum Gasteiger partial charge on any atom is -0.508 e. The maximum absolute atomic E-state index is 10.4. The van der Waals surface area contributed by atoms with Crippen LogP contribution >= 0.6 is 0 Å². The molecule has 0 radical (unpaired) electrons. The Kier molecular flexibility index (Phi) is 10.2. The standard InChI is InChI=1S/C24H42O/c1-7-18(3)16-20(5)12-14-22-10-9-11-24(25)23(22)15-13-21(6)17-19(4)8-2/h9-11,18-21,25H,7-8,12-17H2,1-6H3. The van der Waals surface area contributed by atoms with Crippen LogP contribution in [0, 0.1) is 23.7 Å². The molecule has 0 aromatic heterocycles. The van der Waals surface area contributed by atoms with Crippen LogP contribution in [0.2, 0.25) is 0 Å². The number of benzene rings is 1. The lowest BCUT2D eigenvalue weighted by Gasteiger charge is -2.19. The van der Waals surface area contributed by atoms with E-state index in [0.717, 1.165) is 36.5 Å². The zero-order valence-corrected chi connectivity index (χ0v) is 17.6. The smallest absolute Gasteiger partial charge is 0.119 e. The van der Waals surface area contributed by atoms with Gasteiger partial charge in [0.1, 0.15) is 5.75 Å². The quantitative estimate of drug-likeness (QED) is 0.418. The largest absolute Gasteiger partial charge is 0.508 e. The van der Waals surface area contributed by atoms with E-state index in [1.165, 1.54) is 49.7 Å². The highest BCUT2D eigenvalue weighted by Crippen LogP contribution is 2.28. The van der Waals surface area contributed by atoms with Gasteiger partial charge in [-0.3, -0.25) is 0 Å². The number of hydrogen-bond acceptors (Lipinski definition) is 1. The van der Waals surface area contributed by atoms with Crippen LogP contribution in [0.4, 0.5) is 0 Å². The molecule has 0 saturated carbocycles. The summed E-state index contributed by atoms with van der Waals surface area (Å²) in [4.78, 5) is 0. The van der Waals surface area contributed by atoms with Crippen molar-refractivity contribution in [1.82, 2.24) is 0 Å². The molecule has 1 aromatic rings. The number of aryl methyl sites for hydroxylation is 1. The Morgan fingerprint density at radius 2 is 1.28 bits per heavy atom. The third-order valence-corrected chi connectivity index (χ3v) is 6.05. The van der Waals surface area contributed by atoms with Crippen molar-refractivity contribution in [3.63, 3.8) is 0 Å². The minimum atomic E-state index is 0.503. The molecule has 1 nitrogen and oxygen atoms in total. The fourth-order valence-corrected chi connectivity index (χ4v) is 3.88. The van der Waals surface area contributed by atoms with Crippen molar-refractivity contribution < 1.29 is 5.11 Å². The summed E-state index contributed by atoms with van der Waals surface area (Å²) in [6.45, 7) is 14.0. The molecule has 25 heavy (non-hydrogen) atoms. The van der Waals surface area contributed by atoms with E-state index in [9.17, 15) is 5.11 Å². The number of phenols is 1. The summed E-state index contributed by atoms with van der Waals surface area (Å²) in [5, 5.41) is 10.4. The SMILES string of the molecule is CCC(C)CC(C)CCc1cccc(O)c1CCC(C)CC(C)CC. The van der Waals surface area contributed by atoms with Crippen molar-refractivity contribution in [2.24, 2.45) is 23.7 Å².